The van der Waals surface area contributed by atoms with Crippen molar-refractivity contribution in [2.75, 3.05) is 27.4 Å². The Kier molecular flexibility index (Phi) is 4.31. The quantitative estimate of drug-likeness (QED) is 0.602. The van der Waals surface area contributed by atoms with Gasteiger partial charge in [-0.25, -0.2) is 0 Å². The SMILES string of the molecule is CO[C@H]1[C@H](COC(C)=O)OC[C@H]1OC. The molecule has 1 saturated heterocycles. The third-order valence-electron chi connectivity index (χ3n) is 2.23. The largest absolute Gasteiger partial charge is 0.463 e. The van der Waals surface area contributed by atoms with Gasteiger partial charge in [0.1, 0.15) is 24.9 Å². The van der Waals surface area contributed by atoms with Crippen LogP contribution in [0, 0.1) is 0 Å². The highest BCUT2D eigenvalue weighted by Gasteiger charge is 2.38. The molecule has 0 amide bonds. The molecule has 0 unspecified atom stereocenters. The maximum atomic E-state index is 10.6. The van der Waals surface area contributed by atoms with Crippen LogP contribution < -0.4 is 0 Å². The summed E-state index contributed by atoms with van der Waals surface area (Å²) >= 11 is 0. The van der Waals surface area contributed by atoms with Gasteiger partial charge in [-0.1, -0.05) is 0 Å². The van der Waals surface area contributed by atoms with Crippen LogP contribution in [0.4, 0.5) is 0 Å². The van der Waals surface area contributed by atoms with Gasteiger partial charge in [0.2, 0.25) is 0 Å². The van der Waals surface area contributed by atoms with Crippen LogP contribution in [-0.2, 0) is 23.7 Å². The Labute approximate surface area is 83.3 Å². The fourth-order valence-corrected chi connectivity index (χ4v) is 1.50. The van der Waals surface area contributed by atoms with Gasteiger partial charge in [0.25, 0.3) is 0 Å². The number of hydrogen-bond acceptors (Lipinski definition) is 5. The van der Waals surface area contributed by atoms with Gasteiger partial charge < -0.3 is 18.9 Å². The second kappa shape index (κ2) is 5.29. The molecule has 1 heterocycles. The molecule has 1 rings (SSSR count). The van der Waals surface area contributed by atoms with Crippen molar-refractivity contribution in [3.8, 4) is 0 Å². The van der Waals surface area contributed by atoms with Crippen molar-refractivity contribution in [2.24, 2.45) is 0 Å². The van der Waals surface area contributed by atoms with Crippen LogP contribution in [0.15, 0.2) is 0 Å². The summed E-state index contributed by atoms with van der Waals surface area (Å²) in [6, 6.07) is 0. The number of rotatable bonds is 4. The summed E-state index contributed by atoms with van der Waals surface area (Å²) < 4.78 is 20.6. The van der Waals surface area contributed by atoms with Crippen molar-refractivity contribution in [2.45, 2.75) is 25.2 Å². The van der Waals surface area contributed by atoms with E-state index < -0.39 is 0 Å². The molecule has 1 aliphatic rings. The number of carbonyl (C=O) groups excluding carboxylic acids is 1. The van der Waals surface area contributed by atoms with E-state index in [0.29, 0.717) is 6.61 Å². The molecule has 0 aliphatic carbocycles. The molecule has 82 valence electrons. The van der Waals surface area contributed by atoms with Crippen LogP contribution >= 0.6 is 0 Å². The van der Waals surface area contributed by atoms with Crippen molar-refractivity contribution >= 4 is 5.97 Å². The molecule has 0 spiro atoms. The molecule has 3 atom stereocenters. The van der Waals surface area contributed by atoms with E-state index in [2.05, 4.69) is 0 Å². The van der Waals surface area contributed by atoms with Crippen molar-refractivity contribution in [3.63, 3.8) is 0 Å². The van der Waals surface area contributed by atoms with Crippen LogP contribution in [0.25, 0.3) is 0 Å². The molecule has 0 radical (unpaired) electrons. The average molecular weight is 204 g/mol. The molecule has 14 heavy (non-hydrogen) atoms. The molecule has 0 N–H and O–H groups in total. The van der Waals surface area contributed by atoms with E-state index in [1.54, 1.807) is 14.2 Å². The number of methoxy groups -OCH3 is 2. The molecule has 0 aromatic carbocycles. The fraction of sp³-hybridized carbons (Fsp3) is 0.889. The van der Waals surface area contributed by atoms with E-state index >= 15 is 0 Å². The highest BCUT2D eigenvalue weighted by molar-refractivity contribution is 5.65. The molecular formula is C9H16O5. The zero-order valence-electron chi connectivity index (χ0n) is 8.69. The lowest BCUT2D eigenvalue weighted by Gasteiger charge is -2.19. The first-order valence-corrected chi connectivity index (χ1v) is 4.49. The first-order valence-electron chi connectivity index (χ1n) is 4.49. The zero-order valence-corrected chi connectivity index (χ0v) is 8.69. The van der Waals surface area contributed by atoms with E-state index in [0.717, 1.165) is 0 Å². The van der Waals surface area contributed by atoms with Gasteiger partial charge in [-0.2, -0.15) is 0 Å². The fourth-order valence-electron chi connectivity index (χ4n) is 1.50. The highest BCUT2D eigenvalue weighted by Crippen LogP contribution is 2.19. The summed E-state index contributed by atoms with van der Waals surface area (Å²) in [6.07, 6.45) is -0.478. The first-order chi connectivity index (χ1) is 6.69. The van der Waals surface area contributed by atoms with E-state index in [1.807, 2.05) is 0 Å². The summed E-state index contributed by atoms with van der Waals surface area (Å²) in [7, 11) is 3.19. The minimum Gasteiger partial charge on any atom is -0.463 e. The predicted molar refractivity (Wildman–Crippen MR) is 48.0 cm³/mol. The first kappa shape index (κ1) is 11.4. The molecular weight excluding hydrogens is 188 g/mol. The number of carbonyl (C=O) groups is 1. The minimum absolute atomic E-state index is 0.0828. The van der Waals surface area contributed by atoms with Crippen LogP contribution in [0.5, 0.6) is 0 Å². The summed E-state index contributed by atoms with van der Waals surface area (Å²) in [5, 5.41) is 0. The van der Waals surface area contributed by atoms with E-state index in [1.165, 1.54) is 6.92 Å². The van der Waals surface area contributed by atoms with Crippen LogP contribution in [-0.4, -0.2) is 51.7 Å². The lowest BCUT2D eigenvalue weighted by Crippen LogP contribution is -2.36. The van der Waals surface area contributed by atoms with Crippen LogP contribution in [0.2, 0.25) is 0 Å². The van der Waals surface area contributed by atoms with Gasteiger partial charge in [0.15, 0.2) is 0 Å². The van der Waals surface area contributed by atoms with Gasteiger partial charge in [-0.15, -0.1) is 0 Å². The smallest absolute Gasteiger partial charge is 0.302 e. The molecule has 0 aromatic rings. The Morgan fingerprint density at radius 2 is 2.14 bits per heavy atom. The Hall–Kier alpha value is -0.650. The molecule has 1 aliphatic heterocycles. The molecule has 1 fully saturated rings. The minimum atomic E-state index is -0.315. The molecule has 5 nitrogen and oxygen atoms in total. The van der Waals surface area contributed by atoms with Gasteiger partial charge in [0, 0.05) is 21.1 Å². The average Bonchev–Trinajstić information content (AvgIpc) is 2.56. The molecule has 0 saturated carbocycles. The van der Waals surface area contributed by atoms with Crippen molar-refractivity contribution < 1.29 is 23.7 Å². The normalized spacial score (nSPS) is 31.8. The van der Waals surface area contributed by atoms with Gasteiger partial charge in [-0.3, -0.25) is 4.79 Å². The predicted octanol–water partition coefficient (Wildman–Crippen LogP) is -0.0217. The highest BCUT2D eigenvalue weighted by atomic mass is 16.6. The number of hydrogen-bond donors (Lipinski definition) is 0. The van der Waals surface area contributed by atoms with Crippen molar-refractivity contribution in [3.05, 3.63) is 0 Å². The van der Waals surface area contributed by atoms with Gasteiger partial charge in [0.05, 0.1) is 6.61 Å². The molecule has 0 aromatic heterocycles. The van der Waals surface area contributed by atoms with Crippen LogP contribution in [0.3, 0.4) is 0 Å². The lowest BCUT2D eigenvalue weighted by molar-refractivity contribution is -0.146. The van der Waals surface area contributed by atoms with Gasteiger partial charge in [-0.05, 0) is 0 Å². The van der Waals surface area contributed by atoms with Gasteiger partial charge >= 0.3 is 5.97 Å². The monoisotopic (exact) mass is 204 g/mol. The number of ether oxygens (including phenoxy) is 4. The second-order valence-corrected chi connectivity index (χ2v) is 3.15. The third kappa shape index (κ3) is 2.67. The zero-order chi connectivity index (χ0) is 10.6. The Bertz CT molecular complexity index is 194. The Morgan fingerprint density at radius 1 is 1.43 bits per heavy atom. The molecule has 0 bridgehead atoms. The standard InChI is InChI=1S/C9H16O5/c1-6(10)13-5-8-9(12-3)7(11-2)4-14-8/h7-9H,4-5H2,1-3H3/t7-,8+,9-/m1/s1. The maximum Gasteiger partial charge on any atom is 0.302 e. The Balaban J connectivity index is 2.41. The van der Waals surface area contributed by atoms with E-state index in [4.69, 9.17) is 18.9 Å². The Morgan fingerprint density at radius 3 is 2.64 bits per heavy atom. The van der Waals surface area contributed by atoms with Crippen LogP contribution in [0.1, 0.15) is 6.92 Å². The second-order valence-electron chi connectivity index (χ2n) is 3.15. The lowest BCUT2D eigenvalue weighted by atomic mass is 10.1. The summed E-state index contributed by atoms with van der Waals surface area (Å²) in [6.45, 7) is 2.05. The summed E-state index contributed by atoms with van der Waals surface area (Å²) in [4.78, 5) is 10.6. The summed E-state index contributed by atoms with van der Waals surface area (Å²) in [5.74, 6) is -0.315. The van der Waals surface area contributed by atoms with E-state index in [9.17, 15) is 4.79 Å². The number of esters is 1. The third-order valence-corrected chi connectivity index (χ3v) is 2.23. The maximum absolute atomic E-state index is 10.6. The topological polar surface area (TPSA) is 54.0 Å². The van der Waals surface area contributed by atoms with E-state index in [-0.39, 0.29) is 30.9 Å². The van der Waals surface area contributed by atoms with Crippen molar-refractivity contribution in [1.29, 1.82) is 0 Å². The summed E-state index contributed by atoms with van der Waals surface area (Å²) in [5.41, 5.74) is 0. The van der Waals surface area contributed by atoms with Crippen molar-refractivity contribution in [1.82, 2.24) is 0 Å². The molecule has 5 heteroatoms.